The maximum atomic E-state index is 12.8. The zero-order valence-corrected chi connectivity index (χ0v) is 15.2. The number of amides is 2. The molecule has 1 N–H and O–H groups in total. The van der Waals surface area contributed by atoms with Gasteiger partial charge in [-0.25, -0.2) is 9.59 Å². The van der Waals surface area contributed by atoms with Gasteiger partial charge in [-0.05, 0) is 55.5 Å². The first kappa shape index (κ1) is 17.9. The number of anilines is 1. The van der Waals surface area contributed by atoms with E-state index in [-0.39, 0.29) is 12.1 Å². The summed E-state index contributed by atoms with van der Waals surface area (Å²) in [5, 5.41) is 2.91. The van der Waals surface area contributed by atoms with Crippen LogP contribution < -0.4 is 5.32 Å². The first-order chi connectivity index (χ1) is 12.5. The molecule has 2 amide bonds. The number of aryl methyl sites for hydroxylation is 1. The molecule has 1 heterocycles. The van der Waals surface area contributed by atoms with Crippen LogP contribution in [0.4, 0.5) is 10.5 Å². The smallest absolute Gasteiger partial charge is 0.337 e. The highest BCUT2D eigenvalue weighted by atomic mass is 16.5. The van der Waals surface area contributed by atoms with Crippen LogP contribution in [-0.4, -0.2) is 36.0 Å². The van der Waals surface area contributed by atoms with Crippen LogP contribution >= 0.6 is 0 Å². The highest BCUT2D eigenvalue weighted by molar-refractivity contribution is 5.94. The standard InChI is InChI=1S/C20H23N3O3/c1-13-7-8-15(19(24)26-3)12-17(13)22-20(25)23(2)18(14-9-10-14)16-6-4-5-11-21-16/h4-8,11-12,14,18H,9-10H2,1-3H3,(H,22,25). The van der Waals surface area contributed by atoms with Crippen molar-refractivity contribution >= 4 is 17.7 Å². The minimum Gasteiger partial charge on any atom is -0.465 e. The van der Waals surface area contributed by atoms with Gasteiger partial charge in [0.05, 0.1) is 24.4 Å². The number of carbonyl (C=O) groups excluding carboxylic acids is 2. The van der Waals surface area contributed by atoms with Crippen LogP contribution in [-0.2, 0) is 4.74 Å². The van der Waals surface area contributed by atoms with Crippen molar-refractivity contribution in [2.24, 2.45) is 5.92 Å². The Kier molecular flexibility index (Phi) is 5.21. The van der Waals surface area contributed by atoms with E-state index < -0.39 is 5.97 Å². The Hall–Kier alpha value is -2.89. The van der Waals surface area contributed by atoms with Crippen LogP contribution in [0.25, 0.3) is 0 Å². The van der Waals surface area contributed by atoms with E-state index >= 15 is 0 Å². The van der Waals surface area contributed by atoms with Gasteiger partial charge in [-0.1, -0.05) is 12.1 Å². The monoisotopic (exact) mass is 353 g/mol. The topological polar surface area (TPSA) is 71.5 Å². The fraction of sp³-hybridized carbons (Fsp3) is 0.350. The summed E-state index contributed by atoms with van der Waals surface area (Å²) in [5.74, 6) is 0.00125. The highest BCUT2D eigenvalue weighted by Gasteiger charge is 2.37. The maximum Gasteiger partial charge on any atom is 0.337 e. The quantitative estimate of drug-likeness (QED) is 0.830. The summed E-state index contributed by atoms with van der Waals surface area (Å²) < 4.78 is 4.75. The number of urea groups is 1. The number of nitrogens with one attached hydrogen (secondary N) is 1. The van der Waals surface area contributed by atoms with Crippen molar-refractivity contribution in [3.63, 3.8) is 0 Å². The van der Waals surface area contributed by atoms with Crippen molar-refractivity contribution in [1.29, 1.82) is 0 Å². The van der Waals surface area contributed by atoms with E-state index in [9.17, 15) is 9.59 Å². The lowest BCUT2D eigenvalue weighted by Gasteiger charge is -2.28. The Bertz CT molecular complexity index is 803. The molecule has 0 radical (unpaired) electrons. The second-order valence-corrected chi connectivity index (χ2v) is 6.60. The summed E-state index contributed by atoms with van der Waals surface area (Å²) in [5.41, 5.74) is 2.77. The largest absolute Gasteiger partial charge is 0.465 e. The molecule has 3 rings (SSSR count). The molecule has 1 aliphatic rings. The van der Waals surface area contributed by atoms with Crippen LogP contribution in [0, 0.1) is 12.8 Å². The number of carbonyl (C=O) groups is 2. The summed E-state index contributed by atoms with van der Waals surface area (Å²) in [6.45, 7) is 1.88. The molecule has 1 atom stereocenters. The average Bonchev–Trinajstić information content (AvgIpc) is 3.48. The Labute approximate surface area is 153 Å². The zero-order chi connectivity index (χ0) is 18.7. The van der Waals surface area contributed by atoms with E-state index in [1.807, 2.05) is 25.1 Å². The zero-order valence-electron chi connectivity index (χ0n) is 15.2. The van der Waals surface area contributed by atoms with E-state index in [4.69, 9.17) is 4.74 Å². The van der Waals surface area contributed by atoms with Gasteiger partial charge in [0.2, 0.25) is 0 Å². The normalized spacial score (nSPS) is 14.4. The summed E-state index contributed by atoms with van der Waals surface area (Å²) in [7, 11) is 3.12. The van der Waals surface area contributed by atoms with Gasteiger partial charge in [0, 0.05) is 18.9 Å². The predicted molar refractivity (Wildman–Crippen MR) is 99.0 cm³/mol. The molecule has 0 bridgehead atoms. The molecule has 1 aromatic carbocycles. The SMILES string of the molecule is COC(=O)c1ccc(C)c(NC(=O)N(C)C(c2ccccn2)C2CC2)c1. The van der Waals surface area contributed by atoms with Crippen LogP contribution in [0.5, 0.6) is 0 Å². The van der Waals surface area contributed by atoms with E-state index in [0.29, 0.717) is 17.2 Å². The number of pyridine rings is 1. The van der Waals surface area contributed by atoms with Crippen molar-refractivity contribution in [3.05, 3.63) is 59.4 Å². The van der Waals surface area contributed by atoms with Crippen molar-refractivity contribution in [3.8, 4) is 0 Å². The number of aromatic nitrogens is 1. The molecule has 1 fully saturated rings. The minimum absolute atomic E-state index is 0.0553. The van der Waals surface area contributed by atoms with Crippen molar-refractivity contribution in [2.45, 2.75) is 25.8 Å². The van der Waals surface area contributed by atoms with Gasteiger partial charge in [-0.3, -0.25) is 4.98 Å². The van der Waals surface area contributed by atoms with Crippen LogP contribution in [0.1, 0.15) is 40.5 Å². The van der Waals surface area contributed by atoms with E-state index in [0.717, 1.165) is 24.1 Å². The fourth-order valence-corrected chi connectivity index (χ4v) is 3.05. The Balaban J connectivity index is 1.79. The second kappa shape index (κ2) is 7.56. The number of rotatable bonds is 5. The van der Waals surface area contributed by atoms with Crippen LogP contribution in [0.15, 0.2) is 42.6 Å². The van der Waals surface area contributed by atoms with Gasteiger partial charge in [0.25, 0.3) is 0 Å². The highest BCUT2D eigenvalue weighted by Crippen LogP contribution is 2.43. The van der Waals surface area contributed by atoms with Crippen molar-refractivity contribution in [1.82, 2.24) is 9.88 Å². The Morgan fingerprint density at radius 2 is 2.04 bits per heavy atom. The third-order valence-electron chi connectivity index (χ3n) is 4.70. The molecule has 1 unspecified atom stereocenters. The molecule has 6 nitrogen and oxygen atoms in total. The molecule has 6 heteroatoms. The molecule has 0 saturated heterocycles. The number of hydrogen-bond acceptors (Lipinski definition) is 4. The van der Waals surface area contributed by atoms with Crippen LogP contribution in [0.3, 0.4) is 0 Å². The van der Waals surface area contributed by atoms with Crippen LogP contribution in [0.2, 0.25) is 0 Å². The lowest BCUT2D eigenvalue weighted by Crippen LogP contribution is -2.36. The lowest BCUT2D eigenvalue weighted by molar-refractivity contribution is 0.0600. The average molecular weight is 353 g/mol. The Morgan fingerprint density at radius 1 is 1.27 bits per heavy atom. The summed E-state index contributed by atoms with van der Waals surface area (Å²) in [4.78, 5) is 30.7. The number of nitrogens with zero attached hydrogens (tertiary/aromatic N) is 2. The van der Waals surface area contributed by atoms with Gasteiger partial charge >= 0.3 is 12.0 Å². The predicted octanol–water partition coefficient (Wildman–Crippen LogP) is 3.79. The third kappa shape index (κ3) is 3.85. The molecule has 136 valence electrons. The van der Waals surface area contributed by atoms with Gasteiger partial charge in [0.1, 0.15) is 0 Å². The van der Waals surface area contributed by atoms with Gasteiger partial charge in [-0.2, -0.15) is 0 Å². The molecular weight excluding hydrogens is 330 g/mol. The van der Waals surface area contributed by atoms with Crippen molar-refractivity contribution < 1.29 is 14.3 Å². The maximum absolute atomic E-state index is 12.8. The van der Waals surface area contributed by atoms with Gasteiger partial charge in [-0.15, -0.1) is 0 Å². The molecule has 0 aliphatic heterocycles. The number of hydrogen-bond donors (Lipinski definition) is 1. The number of benzene rings is 1. The van der Waals surface area contributed by atoms with E-state index in [2.05, 4.69) is 10.3 Å². The third-order valence-corrected chi connectivity index (χ3v) is 4.70. The minimum atomic E-state index is -0.432. The first-order valence-electron chi connectivity index (χ1n) is 8.65. The molecule has 0 spiro atoms. The molecule has 2 aromatic rings. The molecule has 1 aliphatic carbocycles. The summed E-state index contributed by atoms with van der Waals surface area (Å²) in [6, 6.07) is 10.6. The number of methoxy groups -OCH3 is 1. The van der Waals surface area contributed by atoms with Crippen molar-refractivity contribution in [2.75, 3.05) is 19.5 Å². The summed E-state index contributed by atoms with van der Waals surface area (Å²) >= 11 is 0. The first-order valence-corrected chi connectivity index (χ1v) is 8.65. The lowest BCUT2D eigenvalue weighted by atomic mass is 10.1. The fourth-order valence-electron chi connectivity index (χ4n) is 3.05. The molecule has 1 aromatic heterocycles. The van der Waals surface area contributed by atoms with E-state index in [1.54, 1.807) is 36.3 Å². The molecular formula is C20H23N3O3. The van der Waals surface area contributed by atoms with Gasteiger partial charge in [0.15, 0.2) is 0 Å². The number of esters is 1. The van der Waals surface area contributed by atoms with Gasteiger partial charge < -0.3 is 15.0 Å². The van der Waals surface area contributed by atoms with E-state index in [1.165, 1.54) is 7.11 Å². The molecule has 26 heavy (non-hydrogen) atoms. The Morgan fingerprint density at radius 3 is 2.65 bits per heavy atom. The molecule has 1 saturated carbocycles. The number of ether oxygens (including phenoxy) is 1. The summed E-state index contributed by atoms with van der Waals surface area (Å²) in [6.07, 6.45) is 3.94. The second-order valence-electron chi connectivity index (χ2n) is 6.60.